The summed E-state index contributed by atoms with van der Waals surface area (Å²) in [5, 5.41) is 3.31. The van der Waals surface area contributed by atoms with Gasteiger partial charge < -0.3 is 10.1 Å². The zero-order chi connectivity index (χ0) is 9.52. The van der Waals surface area contributed by atoms with Gasteiger partial charge in [-0.25, -0.2) is 0 Å². The molecule has 78 valence electrons. The molecule has 0 bridgehead atoms. The van der Waals surface area contributed by atoms with Crippen molar-refractivity contribution in [3.63, 3.8) is 0 Å². The molecule has 2 heteroatoms. The Hall–Kier alpha value is -0.0800. The van der Waals surface area contributed by atoms with E-state index in [0.717, 1.165) is 13.1 Å². The lowest BCUT2D eigenvalue weighted by molar-refractivity contribution is -0.0195. The Bertz CT molecular complexity index is 121. The van der Waals surface area contributed by atoms with Crippen LogP contribution in [0.25, 0.3) is 0 Å². The summed E-state index contributed by atoms with van der Waals surface area (Å²) in [6.45, 7) is 6.33. The average Bonchev–Trinajstić information content (AvgIpc) is 2.16. The lowest BCUT2D eigenvalue weighted by Crippen LogP contribution is -2.31. The van der Waals surface area contributed by atoms with E-state index in [2.05, 4.69) is 19.2 Å². The van der Waals surface area contributed by atoms with E-state index in [0.29, 0.717) is 12.2 Å². The predicted octanol–water partition coefficient (Wildman–Crippen LogP) is 2.33. The Morgan fingerprint density at radius 1 is 1.31 bits per heavy atom. The normalized spacial score (nSPS) is 21.7. The third-order valence-electron chi connectivity index (χ3n) is 2.66. The second-order valence-electron chi connectivity index (χ2n) is 4.01. The molecule has 1 rings (SSSR count). The lowest BCUT2D eigenvalue weighted by Gasteiger charge is -2.25. The van der Waals surface area contributed by atoms with Gasteiger partial charge in [0.05, 0.1) is 12.2 Å². The molecule has 0 saturated heterocycles. The molecule has 0 aromatic carbocycles. The quantitative estimate of drug-likeness (QED) is 0.710. The summed E-state index contributed by atoms with van der Waals surface area (Å²) < 4.78 is 5.93. The van der Waals surface area contributed by atoms with Crippen LogP contribution in [0.5, 0.6) is 0 Å². The molecule has 0 heterocycles. The van der Waals surface area contributed by atoms with Crippen LogP contribution >= 0.6 is 0 Å². The van der Waals surface area contributed by atoms with E-state index in [1.165, 1.54) is 32.1 Å². The Balaban J connectivity index is 2.07. The fourth-order valence-corrected chi connectivity index (χ4v) is 1.93. The fourth-order valence-electron chi connectivity index (χ4n) is 1.93. The number of rotatable bonds is 5. The maximum atomic E-state index is 5.93. The third kappa shape index (κ3) is 4.63. The van der Waals surface area contributed by atoms with Crippen molar-refractivity contribution in [1.82, 2.24) is 5.32 Å². The SMILES string of the molecule is CCNCC(C)OC1CCCCC1. The molecule has 13 heavy (non-hydrogen) atoms. The third-order valence-corrected chi connectivity index (χ3v) is 2.66. The second kappa shape index (κ2) is 6.39. The topological polar surface area (TPSA) is 21.3 Å². The van der Waals surface area contributed by atoms with E-state index in [1.807, 2.05) is 0 Å². The van der Waals surface area contributed by atoms with Crippen LogP contribution in [0.15, 0.2) is 0 Å². The summed E-state index contributed by atoms with van der Waals surface area (Å²) in [7, 11) is 0. The van der Waals surface area contributed by atoms with Crippen molar-refractivity contribution in [2.75, 3.05) is 13.1 Å². The molecule has 0 aromatic heterocycles. The van der Waals surface area contributed by atoms with Crippen molar-refractivity contribution < 1.29 is 4.74 Å². The van der Waals surface area contributed by atoms with Gasteiger partial charge in [-0.1, -0.05) is 26.2 Å². The van der Waals surface area contributed by atoms with E-state index >= 15 is 0 Å². The highest BCUT2D eigenvalue weighted by molar-refractivity contribution is 4.67. The highest BCUT2D eigenvalue weighted by Gasteiger charge is 2.15. The van der Waals surface area contributed by atoms with Gasteiger partial charge in [0, 0.05) is 6.54 Å². The first-order valence-corrected chi connectivity index (χ1v) is 5.69. The van der Waals surface area contributed by atoms with Crippen molar-refractivity contribution in [2.24, 2.45) is 0 Å². The highest BCUT2D eigenvalue weighted by atomic mass is 16.5. The van der Waals surface area contributed by atoms with Gasteiger partial charge in [0.2, 0.25) is 0 Å². The smallest absolute Gasteiger partial charge is 0.0675 e. The molecular formula is C11H23NO. The molecule has 1 N–H and O–H groups in total. The largest absolute Gasteiger partial charge is 0.374 e. The first-order valence-electron chi connectivity index (χ1n) is 5.69. The highest BCUT2D eigenvalue weighted by Crippen LogP contribution is 2.21. The number of hydrogen-bond acceptors (Lipinski definition) is 2. The summed E-state index contributed by atoms with van der Waals surface area (Å²) in [6, 6.07) is 0. The van der Waals surface area contributed by atoms with Crippen molar-refractivity contribution in [3.8, 4) is 0 Å². The summed E-state index contributed by atoms with van der Waals surface area (Å²) in [4.78, 5) is 0. The molecule has 0 aromatic rings. The summed E-state index contributed by atoms with van der Waals surface area (Å²) in [5.74, 6) is 0. The maximum absolute atomic E-state index is 5.93. The average molecular weight is 185 g/mol. The van der Waals surface area contributed by atoms with Gasteiger partial charge in [-0.05, 0) is 26.3 Å². The van der Waals surface area contributed by atoms with Crippen molar-refractivity contribution in [3.05, 3.63) is 0 Å². The number of likely N-dealkylation sites (N-methyl/N-ethyl adjacent to an activating group) is 1. The summed E-state index contributed by atoms with van der Waals surface area (Å²) in [5.41, 5.74) is 0. The van der Waals surface area contributed by atoms with E-state index in [4.69, 9.17) is 4.74 Å². The summed E-state index contributed by atoms with van der Waals surface area (Å²) >= 11 is 0. The zero-order valence-electron chi connectivity index (χ0n) is 9.01. The monoisotopic (exact) mass is 185 g/mol. The number of ether oxygens (including phenoxy) is 1. The van der Waals surface area contributed by atoms with Crippen molar-refractivity contribution >= 4 is 0 Å². The van der Waals surface area contributed by atoms with Crippen LogP contribution in [0.2, 0.25) is 0 Å². The zero-order valence-corrected chi connectivity index (χ0v) is 9.01. The molecule has 1 saturated carbocycles. The van der Waals surface area contributed by atoms with E-state index in [1.54, 1.807) is 0 Å². The van der Waals surface area contributed by atoms with E-state index in [-0.39, 0.29) is 0 Å². The van der Waals surface area contributed by atoms with Crippen LogP contribution in [-0.2, 0) is 4.74 Å². The predicted molar refractivity (Wildman–Crippen MR) is 56.0 cm³/mol. The van der Waals surface area contributed by atoms with Gasteiger partial charge in [0.15, 0.2) is 0 Å². The fraction of sp³-hybridized carbons (Fsp3) is 1.00. The van der Waals surface area contributed by atoms with Crippen molar-refractivity contribution in [2.45, 2.75) is 58.2 Å². The molecule has 1 unspecified atom stereocenters. The minimum Gasteiger partial charge on any atom is -0.374 e. The Morgan fingerprint density at radius 2 is 2.00 bits per heavy atom. The van der Waals surface area contributed by atoms with Crippen molar-refractivity contribution in [1.29, 1.82) is 0 Å². The molecule has 2 nitrogen and oxygen atoms in total. The molecule has 1 aliphatic rings. The van der Waals surface area contributed by atoms with Gasteiger partial charge in [0.1, 0.15) is 0 Å². The Morgan fingerprint density at radius 3 is 2.62 bits per heavy atom. The van der Waals surface area contributed by atoms with Gasteiger partial charge in [0.25, 0.3) is 0 Å². The maximum Gasteiger partial charge on any atom is 0.0675 e. The van der Waals surface area contributed by atoms with Crippen LogP contribution in [-0.4, -0.2) is 25.3 Å². The minimum absolute atomic E-state index is 0.378. The standard InChI is InChI=1S/C11H23NO/c1-3-12-9-10(2)13-11-7-5-4-6-8-11/h10-12H,3-9H2,1-2H3. The molecule has 0 aliphatic heterocycles. The molecule has 1 aliphatic carbocycles. The minimum atomic E-state index is 0.378. The number of hydrogen-bond donors (Lipinski definition) is 1. The lowest BCUT2D eigenvalue weighted by atomic mass is 9.98. The molecule has 1 atom stereocenters. The van der Waals surface area contributed by atoms with Gasteiger partial charge in [-0.15, -0.1) is 0 Å². The van der Waals surface area contributed by atoms with Crippen LogP contribution < -0.4 is 5.32 Å². The molecule has 1 fully saturated rings. The molecule has 0 radical (unpaired) electrons. The Kier molecular flexibility index (Phi) is 5.40. The molecule has 0 amide bonds. The summed E-state index contributed by atoms with van der Waals surface area (Å²) in [6.07, 6.45) is 7.59. The van der Waals surface area contributed by atoms with Crippen LogP contribution in [0.4, 0.5) is 0 Å². The first kappa shape index (κ1) is 11.0. The van der Waals surface area contributed by atoms with E-state index < -0.39 is 0 Å². The van der Waals surface area contributed by atoms with Crippen LogP contribution in [0.1, 0.15) is 46.0 Å². The van der Waals surface area contributed by atoms with Crippen LogP contribution in [0.3, 0.4) is 0 Å². The second-order valence-corrected chi connectivity index (χ2v) is 4.01. The van der Waals surface area contributed by atoms with E-state index in [9.17, 15) is 0 Å². The van der Waals surface area contributed by atoms with Gasteiger partial charge >= 0.3 is 0 Å². The van der Waals surface area contributed by atoms with Gasteiger partial charge in [-0.2, -0.15) is 0 Å². The van der Waals surface area contributed by atoms with Gasteiger partial charge in [-0.3, -0.25) is 0 Å². The number of nitrogens with one attached hydrogen (secondary N) is 1. The Labute approximate surface area is 82.0 Å². The molecule has 0 spiro atoms. The van der Waals surface area contributed by atoms with Crippen LogP contribution in [0, 0.1) is 0 Å². The first-order chi connectivity index (χ1) is 6.33. The molecular weight excluding hydrogens is 162 g/mol.